The van der Waals surface area contributed by atoms with Crippen molar-refractivity contribution in [3.8, 4) is 0 Å². The summed E-state index contributed by atoms with van der Waals surface area (Å²) >= 11 is 1.44. The molecule has 0 aromatic carbocycles. The molecule has 1 aliphatic heterocycles. The third kappa shape index (κ3) is 2.82. The first kappa shape index (κ1) is 15.3. The standard InChI is InChI=1S/C17H23N3OS/c1-3-5-12-7-8-13-14(18)15(22-16(13)19-12)17(21)20-9-4-6-11(2)10-20/h7-8,11H,3-6,9-10,18H2,1-2H3. The Bertz CT molecular complexity index is 695. The minimum Gasteiger partial charge on any atom is -0.397 e. The van der Waals surface area contributed by atoms with Crippen LogP contribution in [0.4, 0.5) is 5.69 Å². The summed E-state index contributed by atoms with van der Waals surface area (Å²) in [5, 5.41) is 0.915. The van der Waals surface area contributed by atoms with Gasteiger partial charge in [-0.2, -0.15) is 0 Å². The van der Waals surface area contributed by atoms with Gasteiger partial charge in [-0.1, -0.05) is 20.3 Å². The maximum atomic E-state index is 12.8. The Morgan fingerprint density at radius 1 is 1.50 bits per heavy atom. The van der Waals surface area contributed by atoms with Crippen molar-refractivity contribution >= 4 is 33.1 Å². The number of rotatable bonds is 3. The zero-order valence-electron chi connectivity index (χ0n) is 13.3. The minimum atomic E-state index is 0.0732. The van der Waals surface area contributed by atoms with Gasteiger partial charge in [0.05, 0.1) is 5.69 Å². The molecule has 22 heavy (non-hydrogen) atoms. The number of fused-ring (bicyclic) bond motifs is 1. The Morgan fingerprint density at radius 3 is 3.05 bits per heavy atom. The van der Waals surface area contributed by atoms with Gasteiger partial charge in [0.25, 0.3) is 5.91 Å². The van der Waals surface area contributed by atoms with E-state index in [9.17, 15) is 4.79 Å². The quantitative estimate of drug-likeness (QED) is 0.939. The summed E-state index contributed by atoms with van der Waals surface area (Å²) in [4.78, 5) is 20.9. The number of aromatic nitrogens is 1. The number of pyridine rings is 1. The molecular weight excluding hydrogens is 294 g/mol. The predicted octanol–water partition coefficient (Wildman–Crippen LogP) is 3.70. The van der Waals surface area contributed by atoms with Gasteiger partial charge in [0.1, 0.15) is 9.71 Å². The van der Waals surface area contributed by atoms with Gasteiger partial charge in [0.2, 0.25) is 0 Å². The Labute approximate surface area is 135 Å². The van der Waals surface area contributed by atoms with E-state index in [-0.39, 0.29) is 5.91 Å². The second-order valence-electron chi connectivity index (χ2n) is 6.25. The monoisotopic (exact) mass is 317 g/mol. The van der Waals surface area contributed by atoms with Crippen LogP contribution in [0.3, 0.4) is 0 Å². The van der Waals surface area contributed by atoms with Crippen LogP contribution >= 0.6 is 11.3 Å². The largest absolute Gasteiger partial charge is 0.397 e. The Hall–Kier alpha value is -1.62. The topological polar surface area (TPSA) is 59.2 Å². The lowest BCUT2D eigenvalue weighted by Gasteiger charge is -2.30. The first-order valence-electron chi connectivity index (χ1n) is 8.07. The third-order valence-electron chi connectivity index (χ3n) is 4.30. The zero-order valence-corrected chi connectivity index (χ0v) is 14.1. The predicted molar refractivity (Wildman–Crippen MR) is 92.3 cm³/mol. The molecular formula is C17H23N3OS. The number of nitrogens with two attached hydrogens (primary N) is 1. The fourth-order valence-corrected chi connectivity index (χ4v) is 4.19. The van der Waals surface area contributed by atoms with Gasteiger partial charge in [0.15, 0.2) is 0 Å². The number of hydrogen-bond acceptors (Lipinski definition) is 4. The molecule has 1 aliphatic rings. The zero-order chi connectivity index (χ0) is 15.7. The van der Waals surface area contributed by atoms with Gasteiger partial charge < -0.3 is 10.6 Å². The first-order valence-corrected chi connectivity index (χ1v) is 8.89. The van der Waals surface area contributed by atoms with E-state index >= 15 is 0 Å². The summed E-state index contributed by atoms with van der Waals surface area (Å²) in [6, 6.07) is 4.03. The van der Waals surface area contributed by atoms with Crippen LogP contribution in [-0.4, -0.2) is 28.9 Å². The summed E-state index contributed by atoms with van der Waals surface area (Å²) in [5.74, 6) is 0.645. The fraction of sp³-hybridized carbons (Fsp3) is 0.529. The number of piperidine rings is 1. The molecule has 5 heteroatoms. The van der Waals surface area contributed by atoms with Crippen LogP contribution in [-0.2, 0) is 6.42 Å². The minimum absolute atomic E-state index is 0.0732. The van der Waals surface area contributed by atoms with E-state index < -0.39 is 0 Å². The molecule has 1 amide bonds. The molecule has 0 bridgehead atoms. The van der Waals surface area contributed by atoms with Crippen molar-refractivity contribution < 1.29 is 4.79 Å². The van der Waals surface area contributed by atoms with Gasteiger partial charge >= 0.3 is 0 Å². The molecule has 118 valence electrons. The van der Waals surface area contributed by atoms with E-state index in [2.05, 4.69) is 18.8 Å². The van der Waals surface area contributed by atoms with Gasteiger partial charge in [-0.15, -0.1) is 11.3 Å². The van der Waals surface area contributed by atoms with Crippen molar-refractivity contribution in [1.82, 2.24) is 9.88 Å². The average Bonchev–Trinajstić information content (AvgIpc) is 2.83. The van der Waals surface area contributed by atoms with E-state index in [1.807, 2.05) is 17.0 Å². The van der Waals surface area contributed by atoms with Gasteiger partial charge in [-0.05, 0) is 37.3 Å². The Kier molecular flexibility index (Phi) is 4.34. The number of anilines is 1. The highest BCUT2D eigenvalue weighted by Crippen LogP contribution is 2.34. The molecule has 0 radical (unpaired) electrons. The van der Waals surface area contributed by atoms with E-state index in [0.29, 0.717) is 16.5 Å². The van der Waals surface area contributed by atoms with Gasteiger partial charge in [-0.25, -0.2) is 4.98 Å². The number of likely N-dealkylation sites (tertiary alicyclic amines) is 1. The number of nitrogens with zero attached hydrogens (tertiary/aromatic N) is 2. The summed E-state index contributed by atoms with van der Waals surface area (Å²) < 4.78 is 0. The number of carbonyl (C=O) groups is 1. The van der Waals surface area contributed by atoms with Crippen molar-refractivity contribution in [2.75, 3.05) is 18.8 Å². The number of amides is 1. The van der Waals surface area contributed by atoms with E-state index in [1.54, 1.807) is 0 Å². The van der Waals surface area contributed by atoms with Crippen molar-refractivity contribution in [2.45, 2.75) is 39.5 Å². The van der Waals surface area contributed by atoms with E-state index in [0.717, 1.165) is 48.3 Å². The average molecular weight is 317 g/mol. The highest BCUT2D eigenvalue weighted by molar-refractivity contribution is 7.21. The number of nitrogen functional groups attached to an aromatic ring is 1. The van der Waals surface area contributed by atoms with Crippen LogP contribution in [0.1, 0.15) is 48.5 Å². The van der Waals surface area contributed by atoms with Crippen LogP contribution in [0.2, 0.25) is 0 Å². The van der Waals surface area contributed by atoms with E-state index in [1.165, 1.54) is 17.8 Å². The smallest absolute Gasteiger partial charge is 0.266 e. The Morgan fingerprint density at radius 2 is 2.32 bits per heavy atom. The lowest BCUT2D eigenvalue weighted by molar-refractivity contribution is 0.0689. The fourth-order valence-electron chi connectivity index (χ4n) is 3.11. The first-order chi connectivity index (χ1) is 10.6. The second kappa shape index (κ2) is 6.24. The highest BCUT2D eigenvalue weighted by Gasteiger charge is 2.26. The molecule has 0 saturated carbocycles. The molecule has 4 nitrogen and oxygen atoms in total. The SMILES string of the molecule is CCCc1ccc2c(N)c(C(=O)N3CCCC(C)C3)sc2n1. The van der Waals surface area contributed by atoms with Crippen molar-refractivity contribution in [3.63, 3.8) is 0 Å². The lowest BCUT2D eigenvalue weighted by atomic mass is 10.00. The molecule has 0 spiro atoms. The number of carbonyl (C=O) groups excluding carboxylic acids is 1. The van der Waals surface area contributed by atoms with Crippen molar-refractivity contribution in [2.24, 2.45) is 5.92 Å². The maximum Gasteiger partial charge on any atom is 0.266 e. The maximum absolute atomic E-state index is 12.8. The van der Waals surface area contributed by atoms with Crippen molar-refractivity contribution in [3.05, 3.63) is 22.7 Å². The number of hydrogen-bond donors (Lipinski definition) is 1. The van der Waals surface area contributed by atoms with Crippen LogP contribution < -0.4 is 5.73 Å². The number of aryl methyl sites for hydroxylation is 1. The van der Waals surface area contributed by atoms with Crippen LogP contribution in [0.5, 0.6) is 0 Å². The van der Waals surface area contributed by atoms with Crippen LogP contribution in [0, 0.1) is 5.92 Å². The molecule has 1 atom stereocenters. The van der Waals surface area contributed by atoms with Crippen LogP contribution in [0.25, 0.3) is 10.2 Å². The molecule has 2 aromatic heterocycles. The molecule has 2 aromatic rings. The highest BCUT2D eigenvalue weighted by atomic mass is 32.1. The molecule has 1 fully saturated rings. The lowest BCUT2D eigenvalue weighted by Crippen LogP contribution is -2.38. The molecule has 3 heterocycles. The van der Waals surface area contributed by atoms with Gasteiger partial charge in [0, 0.05) is 24.2 Å². The summed E-state index contributed by atoms with van der Waals surface area (Å²) in [6.45, 7) is 6.01. The molecule has 2 N–H and O–H groups in total. The summed E-state index contributed by atoms with van der Waals surface area (Å²) in [5.41, 5.74) is 7.90. The molecule has 1 saturated heterocycles. The summed E-state index contributed by atoms with van der Waals surface area (Å²) in [6.07, 6.45) is 4.31. The Balaban J connectivity index is 1.92. The number of thiophene rings is 1. The van der Waals surface area contributed by atoms with E-state index in [4.69, 9.17) is 5.73 Å². The van der Waals surface area contributed by atoms with Crippen molar-refractivity contribution in [1.29, 1.82) is 0 Å². The van der Waals surface area contributed by atoms with Gasteiger partial charge in [-0.3, -0.25) is 4.79 Å². The normalized spacial score (nSPS) is 18.8. The van der Waals surface area contributed by atoms with Crippen LogP contribution in [0.15, 0.2) is 12.1 Å². The molecule has 3 rings (SSSR count). The summed E-state index contributed by atoms with van der Waals surface area (Å²) in [7, 11) is 0. The third-order valence-corrected chi connectivity index (χ3v) is 5.40. The molecule has 0 aliphatic carbocycles. The second-order valence-corrected chi connectivity index (χ2v) is 7.25. The molecule has 1 unspecified atom stereocenters.